The molecule has 2 saturated heterocycles. The molecule has 2 aromatic rings. The summed E-state index contributed by atoms with van der Waals surface area (Å²) in [5.74, 6) is 0.427. The number of amides is 1. The molecule has 2 fully saturated rings. The van der Waals surface area contributed by atoms with E-state index in [0.29, 0.717) is 18.5 Å². The highest BCUT2D eigenvalue weighted by atomic mass is 19.1. The quantitative estimate of drug-likeness (QED) is 0.780. The van der Waals surface area contributed by atoms with Crippen LogP contribution in [0.2, 0.25) is 0 Å². The van der Waals surface area contributed by atoms with Crippen molar-refractivity contribution in [3.63, 3.8) is 0 Å². The first-order chi connectivity index (χ1) is 14.2. The number of benzene rings is 2. The van der Waals surface area contributed by atoms with E-state index >= 15 is 0 Å². The van der Waals surface area contributed by atoms with E-state index in [4.69, 9.17) is 0 Å². The van der Waals surface area contributed by atoms with Crippen molar-refractivity contribution in [3.8, 4) is 0 Å². The summed E-state index contributed by atoms with van der Waals surface area (Å²) in [5.41, 5.74) is 2.40. The van der Waals surface area contributed by atoms with E-state index in [1.165, 1.54) is 17.8 Å². The third-order valence-electron chi connectivity index (χ3n) is 6.23. The van der Waals surface area contributed by atoms with Crippen LogP contribution in [0.15, 0.2) is 54.6 Å². The lowest BCUT2D eigenvalue weighted by Gasteiger charge is -2.24. The van der Waals surface area contributed by atoms with E-state index < -0.39 is 0 Å². The number of likely N-dealkylation sites (tertiary alicyclic amines) is 1. The third kappa shape index (κ3) is 5.36. The van der Waals surface area contributed by atoms with Gasteiger partial charge in [0.2, 0.25) is 5.91 Å². The smallest absolute Gasteiger partial charge is 0.234 e. The molecule has 0 unspecified atom stereocenters. The van der Waals surface area contributed by atoms with Gasteiger partial charge in [-0.3, -0.25) is 9.69 Å². The Balaban J connectivity index is 1.21. The molecule has 2 heterocycles. The summed E-state index contributed by atoms with van der Waals surface area (Å²) >= 11 is 0. The first kappa shape index (κ1) is 19.9. The third-order valence-corrected chi connectivity index (χ3v) is 6.23. The average molecular weight is 396 g/mol. The number of hydrogen-bond acceptors (Lipinski definition) is 3. The normalized spacial score (nSPS) is 22.2. The van der Waals surface area contributed by atoms with E-state index in [1.807, 2.05) is 18.2 Å². The first-order valence-electron chi connectivity index (χ1n) is 10.7. The molecule has 1 amide bonds. The van der Waals surface area contributed by atoms with Gasteiger partial charge >= 0.3 is 0 Å². The van der Waals surface area contributed by atoms with Crippen molar-refractivity contribution in [3.05, 3.63) is 66.0 Å². The van der Waals surface area contributed by atoms with Gasteiger partial charge in [0.25, 0.3) is 0 Å². The lowest BCUT2D eigenvalue weighted by atomic mass is 10.0. The van der Waals surface area contributed by atoms with E-state index in [1.54, 1.807) is 0 Å². The number of carbonyl (C=O) groups excluding carboxylic acids is 1. The largest absolute Gasteiger partial charge is 0.371 e. The molecule has 2 aliphatic rings. The molecule has 29 heavy (non-hydrogen) atoms. The fraction of sp³-hybridized carbons (Fsp3) is 0.458. The number of halogens is 1. The predicted octanol–water partition coefficient (Wildman–Crippen LogP) is 3.48. The summed E-state index contributed by atoms with van der Waals surface area (Å²) in [6.45, 7) is 4.22. The fourth-order valence-electron chi connectivity index (χ4n) is 4.60. The fourth-order valence-corrected chi connectivity index (χ4v) is 4.60. The second-order valence-corrected chi connectivity index (χ2v) is 8.34. The Labute approximate surface area is 172 Å². The Morgan fingerprint density at radius 2 is 1.83 bits per heavy atom. The van der Waals surface area contributed by atoms with Gasteiger partial charge in [-0.1, -0.05) is 30.3 Å². The number of nitrogens with one attached hydrogen (secondary N) is 1. The number of anilines is 1. The van der Waals surface area contributed by atoms with Gasteiger partial charge < -0.3 is 10.2 Å². The lowest BCUT2D eigenvalue weighted by molar-refractivity contribution is -0.122. The Morgan fingerprint density at radius 3 is 2.62 bits per heavy atom. The zero-order chi connectivity index (χ0) is 20.1. The van der Waals surface area contributed by atoms with Crippen LogP contribution in [0.1, 0.15) is 24.8 Å². The van der Waals surface area contributed by atoms with Gasteiger partial charge in [0, 0.05) is 31.4 Å². The van der Waals surface area contributed by atoms with Crippen LogP contribution in [0.3, 0.4) is 0 Å². The number of para-hydroxylation sites is 1. The minimum Gasteiger partial charge on any atom is -0.371 e. The number of carbonyl (C=O) groups is 1. The van der Waals surface area contributed by atoms with Crippen molar-refractivity contribution < 1.29 is 9.18 Å². The zero-order valence-electron chi connectivity index (χ0n) is 16.9. The Hall–Kier alpha value is -2.40. The van der Waals surface area contributed by atoms with Crippen LogP contribution in [0, 0.1) is 11.7 Å². The molecule has 2 aromatic carbocycles. The van der Waals surface area contributed by atoms with Crippen LogP contribution in [-0.2, 0) is 11.2 Å². The van der Waals surface area contributed by atoms with Crippen LogP contribution in [0.25, 0.3) is 0 Å². The second-order valence-electron chi connectivity index (χ2n) is 8.34. The summed E-state index contributed by atoms with van der Waals surface area (Å²) in [7, 11) is 0. The molecule has 0 spiro atoms. The predicted molar refractivity (Wildman–Crippen MR) is 114 cm³/mol. The van der Waals surface area contributed by atoms with Crippen LogP contribution in [0.4, 0.5) is 10.1 Å². The molecular weight excluding hydrogens is 365 g/mol. The maximum absolute atomic E-state index is 13.1. The number of nitrogens with zero attached hydrogens (tertiary/aromatic N) is 2. The molecule has 0 bridgehead atoms. The van der Waals surface area contributed by atoms with Crippen molar-refractivity contribution in [2.75, 3.05) is 37.6 Å². The van der Waals surface area contributed by atoms with Gasteiger partial charge in [0.05, 0.1) is 6.54 Å². The van der Waals surface area contributed by atoms with Gasteiger partial charge in [-0.25, -0.2) is 4.39 Å². The molecule has 1 N–H and O–H groups in total. The van der Waals surface area contributed by atoms with Crippen molar-refractivity contribution in [1.29, 1.82) is 0 Å². The highest BCUT2D eigenvalue weighted by molar-refractivity contribution is 5.78. The van der Waals surface area contributed by atoms with E-state index in [0.717, 1.165) is 57.4 Å². The van der Waals surface area contributed by atoms with Gasteiger partial charge in [-0.05, 0) is 68.0 Å². The molecule has 154 valence electrons. The standard InChI is InChI=1S/C24H30FN3O/c25-21-10-8-19(9-11-21)15-23-7-4-13-27(23)18-24(29)26-16-20-12-14-28(17-20)22-5-2-1-3-6-22/h1-3,5-6,8-11,20,23H,4,7,12-18H2,(H,26,29)/t20-,23+/m0/s1. The zero-order valence-corrected chi connectivity index (χ0v) is 16.9. The van der Waals surface area contributed by atoms with Crippen LogP contribution < -0.4 is 10.2 Å². The Morgan fingerprint density at radius 1 is 1.03 bits per heavy atom. The topological polar surface area (TPSA) is 35.6 Å². The van der Waals surface area contributed by atoms with Gasteiger partial charge in [-0.2, -0.15) is 0 Å². The average Bonchev–Trinajstić information content (AvgIpc) is 3.39. The summed E-state index contributed by atoms with van der Waals surface area (Å²) < 4.78 is 13.1. The van der Waals surface area contributed by atoms with Crippen molar-refractivity contribution in [2.45, 2.75) is 31.7 Å². The molecule has 4 nitrogen and oxygen atoms in total. The lowest BCUT2D eigenvalue weighted by Crippen LogP contribution is -2.42. The SMILES string of the molecule is O=C(CN1CCC[C@@H]1Cc1ccc(F)cc1)NC[C@@H]1CCN(c2ccccc2)C1. The Kier molecular flexibility index (Phi) is 6.45. The van der Waals surface area contributed by atoms with Crippen LogP contribution in [0.5, 0.6) is 0 Å². The summed E-state index contributed by atoms with van der Waals surface area (Å²) in [6.07, 6.45) is 4.21. The molecule has 5 heteroatoms. The van der Waals surface area contributed by atoms with E-state index in [2.05, 4.69) is 39.4 Å². The van der Waals surface area contributed by atoms with Crippen molar-refractivity contribution >= 4 is 11.6 Å². The highest BCUT2D eigenvalue weighted by Gasteiger charge is 2.27. The molecule has 2 atom stereocenters. The molecule has 2 aliphatic heterocycles. The molecular formula is C24H30FN3O. The monoisotopic (exact) mass is 395 g/mol. The number of hydrogen-bond donors (Lipinski definition) is 1. The van der Waals surface area contributed by atoms with Gasteiger partial charge in [0.15, 0.2) is 0 Å². The molecule has 0 aromatic heterocycles. The first-order valence-corrected chi connectivity index (χ1v) is 10.7. The summed E-state index contributed by atoms with van der Waals surface area (Å²) in [6, 6.07) is 17.6. The highest BCUT2D eigenvalue weighted by Crippen LogP contribution is 2.23. The van der Waals surface area contributed by atoms with Gasteiger partial charge in [0.1, 0.15) is 5.82 Å². The van der Waals surface area contributed by atoms with Crippen molar-refractivity contribution in [2.24, 2.45) is 5.92 Å². The van der Waals surface area contributed by atoms with E-state index in [-0.39, 0.29) is 11.7 Å². The summed E-state index contributed by atoms with van der Waals surface area (Å²) in [5, 5.41) is 3.16. The summed E-state index contributed by atoms with van der Waals surface area (Å²) in [4.78, 5) is 17.2. The van der Waals surface area contributed by atoms with Crippen molar-refractivity contribution in [1.82, 2.24) is 10.2 Å². The minimum atomic E-state index is -0.200. The van der Waals surface area contributed by atoms with Crippen LogP contribution >= 0.6 is 0 Å². The Bertz CT molecular complexity index is 796. The van der Waals surface area contributed by atoms with E-state index in [9.17, 15) is 9.18 Å². The van der Waals surface area contributed by atoms with Gasteiger partial charge in [-0.15, -0.1) is 0 Å². The molecule has 0 radical (unpaired) electrons. The minimum absolute atomic E-state index is 0.120. The maximum atomic E-state index is 13.1. The molecule has 4 rings (SSSR count). The molecule has 0 saturated carbocycles. The molecule has 0 aliphatic carbocycles. The maximum Gasteiger partial charge on any atom is 0.234 e. The number of rotatable bonds is 7. The van der Waals surface area contributed by atoms with Crippen LogP contribution in [-0.4, -0.2) is 49.6 Å². The second kappa shape index (κ2) is 9.40.